The molecule has 0 bridgehead atoms. The molecule has 0 spiro atoms. The summed E-state index contributed by atoms with van der Waals surface area (Å²) in [7, 11) is 0. The molecule has 122 valence electrons. The maximum absolute atomic E-state index is 8.99. The molecule has 7 nitrogen and oxygen atoms in total. The first-order valence-electron chi connectivity index (χ1n) is 8.03. The predicted molar refractivity (Wildman–Crippen MR) is 91.2 cm³/mol. The first-order chi connectivity index (χ1) is 11.3. The lowest BCUT2D eigenvalue weighted by Gasteiger charge is -2.27. The molecule has 0 unspecified atom stereocenters. The number of para-hydroxylation sites is 1. The molecule has 1 fully saturated rings. The van der Waals surface area contributed by atoms with Crippen LogP contribution in [0.1, 0.15) is 19.3 Å². The van der Waals surface area contributed by atoms with Gasteiger partial charge in [0.15, 0.2) is 0 Å². The van der Waals surface area contributed by atoms with E-state index in [2.05, 4.69) is 30.5 Å². The summed E-state index contributed by atoms with van der Waals surface area (Å²) in [6.45, 7) is 2.38. The van der Waals surface area contributed by atoms with Gasteiger partial charge in [0.1, 0.15) is 0 Å². The molecule has 1 aliphatic heterocycles. The van der Waals surface area contributed by atoms with Gasteiger partial charge in [0.05, 0.1) is 6.61 Å². The van der Waals surface area contributed by atoms with Gasteiger partial charge in [-0.3, -0.25) is 0 Å². The van der Waals surface area contributed by atoms with Gasteiger partial charge in [-0.1, -0.05) is 18.2 Å². The standard InChI is InChI=1S/C16H22N6O/c23-12-9-17-14-19-15(18-13-7-3-1-4-8-13)21-16(20-14)22-10-5-2-6-11-22/h1,3-4,7-8,23H,2,5-6,9-12H2,(H2,17,18,19,20,21). The second-order valence-electron chi connectivity index (χ2n) is 5.47. The van der Waals surface area contributed by atoms with Crippen molar-refractivity contribution in [2.75, 3.05) is 41.8 Å². The topological polar surface area (TPSA) is 86.2 Å². The zero-order valence-electron chi connectivity index (χ0n) is 13.1. The minimum atomic E-state index is 0.0339. The first-order valence-corrected chi connectivity index (χ1v) is 8.03. The highest BCUT2D eigenvalue weighted by atomic mass is 16.3. The van der Waals surface area contributed by atoms with E-state index in [1.54, 1.807) is 0 Å². The van der Waals surface area contributed by atoms with E-state index in [0.29, 0.717) is 24.4 Å². The Hall–Kier alpha value is -2.41. The summed E-state index contributed by atoms with van der Waals surface area (Å²) >= 11 is 0. The number of benzene rings is 1. The van der Waals surface area contributed by atoms with Crippen molar-refractivity contribution in [1.29, 1.82) is 0 Å². The highest BCUT2D eigenvalue weighted by Gasteiger charge is 2.16. The molecule has 2 aromatic rings. The SMILES string of the molecule is OCCNc1nc(Nc2ccccc2)nc(N2CCCCC2)n1. The van der Waals surface area contributed by atoms with Crippen LogP contribution in [0.4, 0.5) is 23.5 Å². The van der Waals surface area contributed by atoms with Gasteiger partial charge in [-0.2, -0.15) is 15.0 Å². The van der Waals surface area contributed by atoms with E-state index in [0.717, 1.165) is 31.6 Å². The molecule has 7 heteroatoms. The van der Waals surface area contributed by atoms with E-state index in [4.69, 9.17) is 5.11 Å². The molecule has 3 N–H and O–H groups in total. The quantitative estimate of drug-likeness (QED) is 0.752. The zero-order chi connectivity index (χ0) is 15.9. The van der Waals surface area contributed by atoms with Gasteiger partial charge in [-0.25, -0.2) is 0 Å². The molecular weight excluding hydrogens is 292 g/mol. The van der Waals surface area contributed by atoms with Crippen molar-refractivity contribution < 1.29 is 5.11 Å². The predicted octanol–water partition coefficient (Wildman–Crippen LogP) is 2.01. The zero-order valence-corrected chi connectivity index (χ0v) is 13.1. The molecule has 2 heterocycles. The van der Waals surface area contributed by atoms with Gasteiger partial charge >= 0.3 is 0 Å². The number of aliphatic hydroxyl groups excluding tert-OH is 1. The average Bonchev–Trinajstić information content (AvgIpc) is 2.61. The summed E-state index contributed by atoms with van der Waals surface area (Å²) in [5.41, 5.74) is 0.927. The van der Waals surface area contributed by atoms with Crippen LogP contribution in [-0.2, 0) is 0 Å². The Bertz CT molecular complexity index is 615. The van der Waals surface area contributed by atoms with Crippen LogP contribution in [0.2, 0.25) is 0 Å². The molecule has 3 rings (SSSR count). The van der Waals surface area contributed by atoms with Crippen LogP contribution in [0.25, 0.3) is 0 Å². The number of piperidine rings is 1. The van der Waals surface area contributed by atoms with Gasteiger partial charge in [0, 0.05) is 25.3 Å². The van der Waals surface area contributed by atoms with E-state index in [9.17, 15) is 0 Å². The molecule has 1 aromatic carbocycles. The summed E-state index contributed by atoms with van der Waals surface area (Å²) in [6, 6.07) is 9.81. The molecule has 0 radical (unpaired) electrons. The summed E-state index contributed by atoms with van der Waals surface area (Å²) in [4.78, 5) is 15.6. The van der Waals surface area contributed by atoms with Gasteiger partial charge in [0.2, 0.25) is 17.8 Å². The third kappa shape index (κ3) is 4.29. The fraction of sp³-hybridized carbons (Fsp3) is 0.438. The maximum Gasteiger partial charge on any atom is 0.233 e. The van der Waals surface area contributed by atoms with Crippen molar-refractivity contribution in [3.8, 4) is 0 Å². The van der Waals surface area contributed by atoms with Crippen LogP contribution in [0.5, 0.6) is 0 Å². The largest absolute Gasteiger partial charge is 0.395 e. The van der Waals surface area contributed by atoms with Crippen LogP contribution >= 0.6 is 0 Å². The Kier molecular flexibility index (Phi) is 5.21. The Labute approximate surface area is 135 Å². The number of rotatable bonds is 6. The lowest BCUT2D eigenvalue weighted by Crippen LogP contribution is -2.31. The number of aromatic nitrogens is 3. The molecule has 1 aromatic heterocycles. The number of hydrogen-bond donors (Lipinski definition) is 3. The second-order valence-corrected chi connectivity index (χ2v) is 5.47. The molecule has 0 atom stereocenters. The summed E-state index contributed by atoms with van der Waals surface area (Å²) in [5.74, 6) is 1.67. The minimum Gasteiger partial charge on any atom is -0.395 e. The molecule has 23 heavy (non-hydrogen) atoms. The monoisotopic (exact) mass is 314 g/mol. The number of aliphatic hydroxyl groups is 1. The number of anilines is 4. The molecule has 1 aliphatic rings. The summed E-state index contributed by atoms with van der Waals surface area (Å²) < 4.78 is 0. The molecule has 1 saturated heterocycles. The third-order valence-corrected chi connectivity index (χ3v) is 3.69. The number of hydrogen-bond acceptors (Lipinski definition) is 7. The first kappa shape index (κ1) is 15.5. The molecule has 0 amide bonds. The minimum absolute atomic E-state index is 0.0339. The van der Waals surface area contributed by atoms with E-state index < -0.39 is 0 Å². The Morgan fingerprint density at radius 3 is 2.43 bits per heavy atom. The average molecular weight is 314 g/mol. The maximum atomic E-state index is 8.99. The van der Waals surface area contributed by atoms with E-state index in [1.165, 1.54) is 6.42 Å². The van der Waals surface area contributed by atoms with Crippen LogP contribution in [0.15, 0.2) is 30.3 Å². The molecule has 0 aliphatic carbocycles. The van der Waals surface area contributed by atoms with Crippen molar-refractivity contribution in [1.82, 2.24) is 15.0 Å². The van der Waals surface area contributed by atoms with Crippen LogP contribution in [0.3, 0.4) is 0 Å². The highest BCUT2D eigenvalue weighted by molar-refractivity contribution is 5.55. The van der Waals surface area contributed by atoms with E-state index in [1.807, 2.05) is 30.3 Å². The molecular formula is C16H22N6O. The Morgan fingerprint density at radius 2 is 1.70 bits per heavy atom. The van der Waals surface area contributed by atoms with Gasteiger partial charge in [-0.15, -0.1) is 0 Å². The van der Waals surface area contributed by atoms with E-state index in [-0.39, 0.29) is 6.61 Å². The fourth-order valence-electron chi connectivity index (χ4n) is 2.55. The number of nitrogens with one attached hydrogen (secondary N) is 2. The second kappa shape index (κ2) is 7.73. The summed E-state index contributed by atoms with van der Waals surface area (Å²) in [5, 5.41) is 15.2. The Balaban J connectivity index is 1.84. The van der Waals surface area contributed by atoms with Crippen LogP contribution < -0.4 is 15.5 Å². The van der Waals surface area contributed by atoms with Gasteiger partial charge in [-0.05, 0) is 31.4 Å². The van der Waals surface area contributed by atoms with Crippen molar-refractivity contribution in [2.45, 2.75) is 19.3 Å². The van der Waals surface area contributed by atoms with Crippen LogP contribution in [-0.4, -0.2) is 46.3 Å². The van der Waals surface area contributed by atoms with Crippen LogP contribution in [0, 0.1) is 0 Å². The smallest absolute Gasteiger partial charge is 0.233 e. The van der Waals surface area contributed by atoms with Crippen molar-refractivity contribution >= 4 is 23.5 Å². The lowest BCUT2D eigenvalue weighted by molar-refractivity contribution is 0.311. The van der Waals surface area contributed by atoms with Gasteiger partial charge < -0.3 is 20.6 Å². The lowest BCUT2D eigenvalue weighted by atomic mass is 10.1. The molecule has 0 saturated carbocycles. The Morgan fingerprint density at radius 1 is 0.957 bits per heavy atom. The van der Waals surface area contributed by atoms with Crippen molar-refractivity contribution in [2.24, 2.45) is 0 Å². The van der Waals surface area contributed by atoms with Crippen molar-refractivity contribution in [3.05, 3.63) is 30.3 Å². The van der Waals surface area contributed by atoms with Gasteiger partial charge in [0.25, 0.3) is 0 Å². The highest BCUT2D eigenvalue weighted by Crippen LogP contribution is 2.20. The fourth-order valence-corrected chi connectivity index (χ4v) is 2.55. The normalized spacial score (nSPS) is 14.6. The van der Waals surface area contributed by atoms with E-state index >= 15 is 0 Å². The summed E-state index contributed by atoms with van der Waals surface area (Å²) in [6.07, 6.45) is 3.57. The third-order valence-electron chi connectivity index (χ3n) is 3.69. The number of nitrogens with zero attached hydrogens (tertiary/aromatic N) is 4. The van der Waals surface area contributed by atoms with Crippen molar-refractivity contribution in [3.63, 3.8) is 0 Å².